The molecule has 0 unspecified atom stereocenters. The molecule has 0 saturated heterocycles. The smallest absolute Gasteiger partial charge is 0.270 e. The molecule has 0 aliphatic heterocycles. The number of carbonyl (C=O) groups excluding carboxylic acids is 2. The molecular formula is C18H16N6O8S. The lowest BCUT2D eigenvalue weighted by molar-refractivity contribution is -0.385. The number of thioether (sulfide) groups is 1. The summed E-state index contributed by atoms with van der Waals surface area (Å²) in [6, 6.07) is 6.64. The third-order valence-electron chi connectivity index (χ3n) is 3.70. The van der Waals surface area contributed by atoms with Crippen molar-refractivity contribution in [2.24, 2.45) is 10.2 Å². The van der Waals surface area contributed by atoms with Crippen molar-refractivity contribution in [3.05, 3.63) is 67.8 Å². The Labute approximate surface area is 189 Å². The molecule has 33 heavy (non-hydrogen) atoms. The van der Waals surface area contributed by atoms with Gasteiger partial charge in [-0.3, -0.25) is 29.8 Å². The summed E-state index contributed by atoms with van der Waals surface area (Å²) in [7, 11) is 0. The van der Waals surface area contributed by atoms with Gasteiger partial charge in [0, 0.05) is 35.4 Å². The van der Waals surface area contributed by atoms with Gasteiger partial charge < -0.3 is 10.2 Å². The molecular weight excluding hydrogens is 460 g/mol. The minimum Gasteiger partial charge on any atom is -0.507 e. The highest BCUT2D eigenvalue weighted by molar-refractivity contribution is 8.00. The Kier molecular flexibility index (Phi) is 8.81. The fourth-order valence-electron chi connectivity index (χ4n) is 2.17. The molecule has 2 rings (SSSR count). The molecule has 0 radical (unpaired) electrons. The van der Waals surface area contributed by atoms with Crippen molar-refractivity contribution in [2.45, 2.75) is 0 Å². The molecule has 0 atom stereocenters. The second-order valence-electron chi connectivity index (χ2n) is 6.08. The van der Waals surface area contributed by atoms with E-state index in [1.807, 2.05) is 0 Å². The maximum Gasteiger partial charge on any atom is 0.270 e. The summed E-state index contributed by atoms with van der Waals surface area (Å²) in [6.07, 6.45) is 2.07. The van der Waals surface area contributed by atoms with Gasteiger partial charge in [-0.15, -0.1) is 11.8 Å². The molecule has 0 heterocycles. The van der Waals surface area contributed by atoms with E-state index in [-0.39, 0.29) is 45.5 Å². The summed E-state index contributed by atoms with van der Waals surface area (Å²) < 4.78 is 0. The second kappa shape index (κ2) is 11.8. The molecule has 0 bridgehead atoms. The van der Waals surface area contributed by atoms with Gasteiger partial charge >= 0.3 is 0 Å². The van der Waals surface area contributed by atoms with Crippen molar-refractivity contribution < 1.29 is 29.6 Å². The van der Waals surface area contributed by atoms with Gasteiger partial charge in [-0.1, -0.05) is 0 Å². The van der Waals surface area contributed by atoms with Gasteiger partial charge in [0.1, 0.15) is 11.5 Å². The topological polar surface area (TPSA) is 210 Å². The van der Waals surface area contributed by atoms with Crippen LogP contribution in [0.1, 0.15) is 11.1 Å². The largest absolute Gasteiger partial charge is 0.507 e. The van der Waals surface area contributed by atoms with Crippen LogP contribution >= 0.6 is 11.8 Å². The fourth-order valence-corrected chi connectivity index (χ4v) is 2.77. The molecule has 0 saturated carbocycles. The summed E-state index contributed by atoms with van der Waals surface area (Å²) in [5.74, 6) is -1.97. The molecule has 0 aliphatic rings. The van der Waals surface area contributed by atoms with Crippen LogP contribution in [0, 0.1) is 20.2 Å². The average molecular weight is 476 g/mol. The minimum atomic E-state index is -0.645. The number of non-ortho nitro benzene ring substituents is 2. The van der Waals surface area contributed by atoms with E-state index in [9.17, 15) is 40.0 Å². The molecule has 172 valence electrons. The SMILES string of the molecule is O=C(CSCC(=O)N/N=C/c1cc([N+](=O)[O-])ccc1O)N/N=C/c1cc([N+](=O)[O-])ccc1O. The lowest BCUT2D eigenvalue weighted by Crippen LogP contribution is -2.23. The zero-order valence-corrected chi connectivity index (χ0v) is 17.4. The zero-order valence-electron chi connectivity index (χ0n) is 16.6. The molecule has 4 N–H and O–H groups in total. The summed E-state index contributed by atoms with van der Waals surface area (Å²) in [4.78, 5) is 43.7. The Balaban J connectivity index is 1.76. The van der Waals surface area contributed by atoms with Crippen molar-refractivity contribution in [1.29, 1.82) is 0 Å². The van der Waals surface area contributed by atoms with Crippen LogP contribution in [0.4, 0.5) is 11.4 Å². The summed E-state index contributed by atoms with van der Waals surface area (Å²) in [5.41, 5.74) is 3.85. The zero-order chi connectivity index (χ0) is 24.4. The number of hydrogen-bond donors (Lipinski definition) is 4. The molecule has 2 aromatic rings. The lowest BCUT2D eigenvalue weighted by atomic mass is 10.2. The number of nitro groups is 2. The molecule has 2 aromatic carbocycles. The van der Waals surface area contributed by atoms with E-state index >= 15 is 0 Å². The van der Waals surface area contributed by atoms with E-state index in [4.69, 9.17) is 0 Å². The normalized spacial score (nSPS) is 10.9. The number of nitro benzene ring substituents is 2. The number of hydrazone groups is 2. The van der Waals surface area contributed by atoms with E-state index in [1.165, 1.54) is 0 Å². The molecule has 2 amide bonds. The molecule has 15 heteroatoms. The van der Waals surface area contributed by atoms with E-state index < -0.39 is 21.7 Å². The third kappa shape index (κ3) is 7.91. The molecule has 14 nitrogen and oxygen atoms in total. The minimum absolute atomic E-state index is 0.0316. The van der Waals surface area contributed by atoms with Crippen LogP contribution in [0.5, 0.6) is 11.5 Å². The summed E-state index contributed by atoms with van der Waals surface area (Å²) in [6.45, 7) is 0. The Morgan fingerprint density at radius 3 is 1.61 bits per heavy atom. The van der Waals surface area contributed by atoms with Gasteiger partial charge in [-0.2, -0.15) is 10.2 Å². The molecule has 0 fully saturated rings. The Morgan fingerprint density at radius 2 is 1.24 bits per heavy atom. The number of aromatic hydroxyl groups is 2. The van der Waals surface area contributed by atoms with Gasteiger partial charge in [0.25, 0.3) is 11.4 Å². The van der Waals surface area contributed by atoms with Crippen LogP contribution in [-0.2, 0) is 9.59 Å². The predicted octanol–water partition coefficient (Wildman–Crippen LogP) is 1.25. The van der Waals surface area contributed by atoms with Crippen molar-refractivity contribution in [3.63, 3.8) is 0 Å². The number of nitrogens with zero attached hydrogens (tertiary/aromatic N) is 4. The van der Waals surface area contributed by atoms with Crippen LogP contribution in [0.2, 0.25) is 0 Å². The highest BCUT2D eigenvalue weighted by Crippen LogP contribution is 2.22. The first-order valence-electron chi connectivity index (χ1n) is 8.83. The second-order valence-corrected chi connectivity index (χ2v) is 7.07. The quantitative estimate of drug-likeness (QED) is 0.220. The van der Waals surface area contributed by atoms with Crippen molar-refractivity contribution >= 4 is 47.4 Å². The Hall–Kier alpha value is -4.53. The number of carbonyl (C=O) groups is 2. The fraction of sp³-hybridized carbons (Fsp3) is 0.111. The van der Waals surface area contributed by atoms with E-state index in [2.05, 4.69) is 21.1 Å². The Morgan fingerprint density at radius 1 is 0.848 bits per heavy atom. The summed E-state index contributed by atoms with van der Waals surface area (Å²) >= 11 is 0.932. The number of nitrogens with one attached hydrogen (secondary N) is 2. The summed E-state index contributed by atoms with van der Waals surface area (Å²) in [5, 5.41) is 48.0. The van der Waals surface area contributed by atoms with Crippen molar-refractivity contribution in [3.8, 4) is 11.5 Å². The maximum absolute atomic E-state index is 11.7. The number of benzene rings is 2. The monoisotopic (exact) mass is 476 g/mol. The van der Waals surface area contributed by atoms with Crippen LogP contribution in [0.15, 0.2) is 46.6 Å². The number of phenolic OH excluding ortho intramolecular Hbond substituents is 2. The van der Waals surface area contributed by atoms with Gasteiger partial charge in [-0.25, -0.2) is 10.9 Å². The molecule has 0 spiro atoms. The maximum atomic E-state index is 11.7. The van der Waals surface area contributed by atoms with Crippen molar-refractivity contribution in [2.75, 3.05) is 11.5 Å². The number of amides is 2. The van der Waals surface area contributed by atoms with Crippen LogP contribution < -0.4 is 10.9 Å². The number of rotatable bonds is 10. The highest BCUT2D eigenvalue weighted by Gasteiger charge is 2.10. The van der Waals surface area contributed by atoms with Crippen LogP contribution in [0.25, 0.3) is 0 Å². The van der Waals surface area contributed by atoms with Gasteiger partial charge in [0.15, 0.2) is 0 Å². The average Bonchev–Trinajstić information content (AvgIpc) is 2.76. The third-order valence-corrected chi connectivity index (χ3v) is 4.63. The van der Waals surface area contributed by atoms with Crippen LogP contribution in [0.3, 0.4) is 0 Å². The molecule has 0 aliphatic carbocycles. The first-order valence-corrected chi connectivity index (χ1v) is 9.99. The highest BCUT2D eigenvalue weighted by atomic mass is 32.2. The van der Waals surface area contributed by atoms with E-state index in [1.54, 1.807) is 0 Å². The number of hydrogen-bond acceptors (Lipinski definition) is 11. The molecule has 0 aromatic heterocycles. The lowest BCUT2D eigenvalue weighted by Gasteiger charge is -2.02. The standard InChI is InChI=1S/C18H16N6O8S/c25-15-3-1-13(23(29)30)5-11(15)7-19-21-17(27)9-33-10-18(28)22-20-8-12-6-14(24(31)32)2-4-16(12)26/h1-8,25-26H,9-10H2,(H,21,27)(H,22,28)/b19-7+,20-8+. The Bertz CT molecular complexity index is 1050. The number of phenols is 2. The first kappa shape index (κ1) is 24.7. The van der Waals surface area contributed by atoms with E-state index in [0.717, 1.165) is 60.6 Å². The van der Waals surface area contributed by atoms with Gasteiger partial charge in [-0.05, 0) is 12.1 Å². The first-order chi connectivity index (χ1) is 15.7. The van der Waals surface area contributed by atoms with E-state index in [0.29, 0.717) is 0 Å². The van der Waals surface area contributed by atoms with Crippen LogP contribution in [-0.4, -0.2) is 55.8 Å². The van der Waals surface area contributed by atoms with Gasteiger partial charge in [0.05, 0.1) is 33.8 Å². The predicted molar refractivity (Wildman–Crippen MR) is 118 cm³/mol. The van der Waals surface area contributed by atoms with Gasteiger partial charge in [0.2, 0.25) is 11.8 Å². The van der Waals surface area contributed by atoms with Crippen molar-refractivity contribution in [1.82, 2.24) is 10.9 Å².